The van der Waals surface area contributed by atoms with Crippen molar-refractivity contribution < 1.29 is 14.3 Å². The average Bonchev–Trinajstić information content (AvgIpc) is 3.05. The lowest BCUT2D eigenvalue weighted by molar-refractivity contribution is -0.110. The van der Waals surface area contributed by atoms with Crippen LogP contribution in [0.3, 0.4) is 0 Å². The number of methoxy groups -OCH3 is 2. The second kappa shape index (κ2) is 7.96. The summed E-state index contributed by atoms with van der Waals surface area (Å²) in [5.74, 6) is 1.27. The number of aromatic amines is 1. The van der Waals surface area contributed by atoms with E-state index in [0.717, 1.165) is 38.9 Å². The Morgan fingerprint density at radius 1 is 1.19 bits per heavy atom. The Morgan fingerprint density at radius 2 is 2.00 bits per heavy atom. The van der Waals surface area contributed by atoms with Gasteiger partial charge in [0.25, 0.3) is 0 Å². The maximum atomic E-state index is 12.3. The molecule has 0 unspecified atom stereocenters. The maximum Gasteiger partial charge on any atom is 0.215 e. The number of carbonyl (C=O) groups excluding carboxylic acids is 1. The van der Waals surface area contributed by atoms with Gasteiger partial charge in [0.05, 0.1) is 31.9 Å². The third kappa shape index (κ3) is 3.94. The minimum absolute atomic E-state index is 0.0116. The van der Waals surface area contributed by atoms with Gasteiger partial charge in [0.2, 0.25) is 11.0 Å². The number of aryl methyl sites for hydroxylation is 1. The normalized spacial score (nSPS) is 10.9. The molecule has 0 amide bonds. The first kappa shape index (κ1) is 18.5. The van der Waals surface area contributed by atoms with Gasteiger partial charge in [-0.3, -0.25) is 9.78 Å². The van der Waals surface area contributed by atoms with E-state index in [1.54, 1.807) is 26.5 Å². The van der Waals surface area contributed by atoms with Gasteiger partial charge >= 0.3 is 0 Å². The van der Waals surface area contributed by atoms with Crippen molar-refractivity contribution >= 4 is 37.9 Å². The molecule has 3 aromatic heterocycles. The molecular weight excluding hydrogens is 372 g/mol. The highest BCUT2D eigenvalue weighted by atomic mass is 33.1. The third-order valence-corrected chi connectivity index (χ3v) is 5.83. The summed E-state index contributed by atoms with van der Waals surface area (Å²) in [5, 5.41) is 0.604. The largest absolute Gasteiger partial charge is 0.496 e. The highest BCUT2D eigenvalue weighted by Crippen LogP contribution is 2.32. The summed E-state index contributed by atoms with van der Waals surface area (Å²) < 4.78 is 10.5. The Kier molecular flexibility index (Phi) is 5.67. The van der Waals surface area contributed by atoms with Gasteiger partial charge in [-0.1, -0.05) is 0 Å². The van der Waals surface area contributed by atoms with Crippen LogP contribution in [0.15, 0.2) is 23.5 Å². The van der Waals surface area contributed by atoms with Crippen LogP contribution in [-0.4, -0.2) is 39.3 Å². The summed E-state index contributed by atoms with van der Waals surface area (Å²) in [6.07, 6.45) is 1.96. The Morgan fingerprint density at radius 3 is 2.73 bits per heavy atom. The van der Waals surface area contributed by atoms with Crippen LogP contribution in [0.1, 0.15) is 16.8 Å². The van der Waals surface area contributed by atoms with Gasteiger partial charge in [-0.2, -0.15) is 4.98 Å². The molecule has 3 rings (SSSR count). The zero-order valence-corrected chi connectivity index (χ0v) is 16.5. The van der Waals surface area contributed by atoms with Gasteiger partial charge in [-0.25, -0.2) is 4.98 Å². The molecular formula is C17H18N4O3S2. The summed E-state index contributed by atoms with van der Waals surface area (Å²) in [7, 11) is 5.56. The molecule has 26 heavy (non-hydrogen) atoms. The Labute approximate surface area is 158 Å². The van der Waals surface area contributed by atoms with Crippen LogP contribution in [0.25, 0.3) is 11.2 Å². The molecule has 136 valence electrons. The lowest BCUT2D eigenvalue weighted by Gasteiger charge is -2.11. The lowest BCUT2D eigenvalue weighted by Crippen LogP contribution is -2.04. The molecule has 0 saturated heterocycles. The first-order valence-electron chi connectivity index (χ1n) is 7.79. The van der Waals surface area contributed by atoms with Crippen LogP contribution < -0.4 is 9.47 Å². The molecule has 0 spiro atoms. The summed E-state index contributed by atoms with van der Waals surface area (Å²) in [6, 6.07) is 3.60. The van der Waals surface area contributed by atoms with Crippen molar-refractivity contribution in [3.8, 4) is 11.6 Å². The zero-order chi connectivity index (χ0) is 18.7. The molecule has 7 nitrogen and oxygen atoms in total. The fourth-order valence-electron chi connectivity index (χ4n) is 2.51. The zero-order valence-electron chi connectivity index (χ0n) is 14.8. The second-order valence-electron chi connectivity index (χ2n) is 5.53. The smallest absolute Gasteiger partial charge is 0.215 e. The Balaban J connectivity index is 1.66. The van der Waals surface area contributed by atoms with Crippen LogP contribution in [0, 0.1) is 13.8 Å². The van der Waals surface area contributed by atoms with E-state index in [4.69, 9.17) is 9.47 Å². The highest BCUT2D eigenvalue weighted by molar-refractivity contribution is 8.82. The van der Waals surface area contributed by atoms with Crippen molar-refractivity contribution in [1.29, 1.82) is 0 Å². The van der Waals surface area contributed by atoms with Gasteiger partial charge in [0.15, 0.2) is 10.8 Å². The van der Waals surface area contributed by atoms with Crippen molar-refractivity contribution in [2.45, 2.75) is 25.4 Å². The van der Waals surface area contributed by atoms with E-state index in [9.17, 15) is 4.79 Å². The lowest BCUT2D eigenvalue weighted by atomic mass is 10.1. The van der Waals surface area contributed by atoms with Gasteiger partial charge in [0.1, 0.15) is 5.75 Å². The molecule has 1 N–H and O–H groups in total. The number of aromatic nitrogens is 4. The van der Waals surface area contributed by atoms with E-state index in [0.29, 0.717) is 16.7 Å². The van der Waals surface area contributed by atoms with Gasteiger partial charge in [0, 0.05) is 23.4 Å². The average molecular weight is 390 g/mol. The minimum Gasteiger partial charge on any atom is -0.496 e. The van der Waals surface area contributed by atoms with E-state index in [1.165, 1.54) is 10.8 Å². The van der Waals surface area contributed by atoms with Crippen molar-refractivity contribution in [3.05, 3.63) is 35.2 Å². The van der Waals surface area contributed by atoms with Crippen molar-refractivity contribution in [2.24, 2.45) is 0 Å². The third-order valence-electron chi connectivity index (χ3n) is 3.78. The minimum atomic E-state index is -0.0116. The molecule has 3 aromatic rings. The van der Waals surface area contributed by atoms with E-state index in [1.807, 2.05) is 19.9 Å². The van der Waals surface area contributed by atoms with E-state index < -0.39 is 0 Å². The van der Waals surface area contributed by atoms with E-state index >= 15 is 0 Å². The van der Waals surface area contributed by atoms with E-state index in [-0.39, 0.29) is 11.5 Å². The molecule has 0 radical (unpaired) electrons. The molecule has 3 heterocycles. The van der Waals surface area contributed by atoms with Crippen LogP contribution in [-0.2, 0) is 11.2 Å². The molecule has 0 fully saturated rings. The second-order valence-corrected chi connectivity index (χ2v) is 7.70. The number of pyridine rings is 2. The number of rotatable bonds is 6. The number of imidazole rings is 1. The molecule has 0 saturated carbocycles. The fourth-order valence-corrected chi connectivity index (χ4v) is 4.08. The number of nitrogens with zero attached hydrogens (tertiary/aromatic N) is 3. The van der Waals surface area contributed by atoms with Crippen molar-refractivity contribution in [2.75, 3.05) is 14.2 Å². The first-order chi connectivity index (χ1) is 12.5. The Bertz CT molecular complexity index is 959. The highest BCUT2D eigenvalue weighted by Gasteiger charge is 2.15. The van der Waals surface area contributed by atoms with Crippen molar-refractivity contribution in [3.63, 3.8) is 0 Å². The quantitative estimate of drug-likeness (QED) is 0.640. The monoisotopic (exact) mass is 390 g/mol. The summed E-state index contributed by atoms with van der Waals surface area (Å²) in [6.45, 7) is 3.84. The van der Waals surface area contributed by atoms with Crippen LogP contribution in [0.2, 0.25) is 0 Å². The van der Waals surface area contributed by atoms with Crippen molar-refractivity contribution in [1.82, 2.24) is 19.9 Å². The number of ether oxygens (including phenoxy) is 2. The fraction of sp³-hybridized carbons (Fsp3) is 0.294. The number of hydrogen-bond acceptors (Lipinski definition) is 8. The van der Waals surface area contributed by atoms with Crippen LogP contribution in [0.5, 0.6) is 11.6 Å². The van der Waals surface area contributed by atoms with Crippen LogP contribution >= 0.6 is 21.6 Å². The molecule has 0 aliphatic carbocycles. The Hall–Kier alpha value is -2.26. The topological polar surface area (TPSA) is 90.0 Å². The predicted octanol–water partition coefficient (Wildman–Crippen LogP) is 3.50. The van der Waals surface area contributed by atoms with Crippen LogP contribution in [0.4, 0.5) is 0 Å². The predicted molar refractivity (Wildman–Crippen MR) is 103 cm³/mol. The molecule has 0 atom stereocenters. The number of hydrogen-bond donors (Lipinski definition) is 1. The molecule has 0 aliphatic rings. The van der Waals surface area contributed by atoms with Gasteiger partial charge < -0.3 is 14.5 Å². The maximum absolute atomic E-state index is 12.3. The standard InChI is InChI=1S/C17H18N4O3S2/c1-9-8-18-12(10(2)15(9)24-4)7-14(22)25-26-17-19-11-5-6-13(23-3)20-16(11)21-17/h5-6,8H,7H2,1-4H3,(H,19,20,21). The summed E-state index contributed by atoms with van der Waals surface area (Å²) in [5.41, 5.74) is 3.92. The number of fused-ring (bicyclic) bond motifs is 1. The summed E-state index contributed by atoms with van der Waals surface area (Å²) >= 11 is 0. The molecule has 9 heteroatoms. The molecule has 0 bridgehead atoms. The van der Waals surface area contributed by atoms with E-state index in [2.05, 4.69) is 19.9 Å². The van der Waals surface area contributed by atoms with Gasteiger partial charge in [-0.05, 0) is 41.5 Å². The number of nitrogens with one attached hydrogen (secondary N) is 1. The SMILES string of the molecule is COc1ccc2[nH]c(SSC(=O)Cc3ncc(C)c(OC)c3C)nc2n1. The number of carbonyl (C=O) groups is 1. The molecule has 0 aliphatic heterocycles. The van der Waals surface area contributed by atoms with Gasteiger partial charge in [-0.15, -0.1) is 0 Å². The summed E-state index contributed by atoms with van der Waals surface area (Å²) in [4.78, 5) is 28.4. The number of H-pyrrole nitrogens is 1. The first-order valence-corrected chi connectivity index (χ1v) is 9.94. The molecule has 0 aromatic carbocycles.